The lowest BCUT2D eigenvalue weighted by atomic mass is 9.95. The molecule has 1 aliphatic heterocycles. The largest absolute Gasteiger partial charge is 0.284 e. The van der Waals surface area contributed by atoms with Crippen LogP contribution in [0.25, 0.3) is 0 Å². The van der Waals surface area contributed by atoms with E-state index in [1.165, 1.54) is 23.8 Å². The molecule has 1 atom stereocenters. The number of hydrazine groups is 1. The molecule has 2 aromatic rings. The fraction of sp³-hybridized carbons (Fsp3) is 0.235. The van der Waals surface area contributed by atoms with Gasteiger partial charge in [-0.1, -0.05) is 35.9 Å². The molecule has 2 aromatic carbocycles. The molecule has 6 nitrogen and oxygen atoms in total. The molecule has 8 heteroatoms. The van der Waals surface area contributed by atoms with Crippen molar-refractivity contribution >= 4 is 27.5 Å². The van der Waals surface area contributed by atoms with E-state index in [0.29, 0.717) is 6.54 Å². The van der Waals surface area contributed by atoms with Gasteiger partial charge in [0.2, 0.25) is 10.0 Å². The van der Waals surface area contributed by atoms with Gasteiger partial charge in [0.1, 0.15) is 4.90 Å². The maximum Gasteiger partial charge on any atom is 0.265 e. The number of carbonyl (C=O) groups excluding carboxylic acids is 1. The number of fused-ring (bicyclic) bond motifs is 1. The van der Waals surface area contributed by atoms with Crippen molar-refractivity contribution in [2.75, 3.05) is 6.54 Å². The Morgan fingerprint density at radius 3 is 2.72 bits per heavy atom. The molecule has 0 aromatic heterocycles. The molecule has 25 heavy (non-hydrogen) atoms. The van der Waals surface area contributed by atoms with E-state index >= 15 is 0 Å². The molecule has 0 fully saturated rings. The molecule has 1 heterocycles. The van der Waals surface area contributed by atoms with Crippen LogP contribution in [0.4, 0.5) is 0 Å². The molecule has 0 spiro atoms. The van der Waals surface area contributed by atoms with Gasteiger partial charge in [0, 0.05) is 12.1 Å². The van der Waals surface area contributed by atoms with Gasteiger partial charge in [-0.25, -0.2) is 18.6 Å². The lowest BCUT2D eigenvalue weighted by Gasteiger charge is -2.35. The van der Waals surface area contributed by atoms with E-state index in [-0.39, 0.29) is 21.5 Å². The number of carbonyl (C=O) groups is 1. The average molecular weight is 380 g/mol. The molecule has 3 rings (SSSR count). The number of nitrogens with two attached hydrogens (primary N) is 1. The maximum absolute atomic E-state index is 12.5. The van der Waals surface area contributed by atoms with Crippen LogP contribution in [0.15, 0.2) is 47.4 Å². The zero-order valence-corrected chi connectivity index (χ0v) is 15.1. The van der Waals surface area contributed by atoms with Gasteiger partial charge < -0.3 is 0 Å². The third-order valence-electron chi connectivity index (χ3n) is 4.34. The van der Waals surface area contributed by atoms with Crippen LogP contribution in [0.1, 0.15) is 34.5 Å². The highest BCUT2D eigenvalue weighted by Crippen LogP contribution is 2.28. The molecule has 1 amide bonds. The summed E-state index contributed by atoms with van der Waals surface area (Å²) < 4.78 is 23.1. The summed E-state index contributed by atoms with van der Waals surface area (Å²) in [5.74, 6) is -0.409. The SMILES string of the molecule is CC1c2ccccc2CCN1NC(=O)c1ccc(Cl)c(S(N)(=O)=O)c1. The molecule has 1 unspecified atom stereocenters. The zero-order chi connectivity index (χ0) is 18.2. The van der Waals surface area contributed by atoms with Crippen molar-refractivity contribution in [3.05, 3.63) is 64.2 Å². The second-order valence-corrected chi connectivity index (χ2v) is 7.89. The van der Waals surface area contributed by atoms with Gasteiger partial charge in [0.15, 0.2) is 0 Å². The number of halogens is 1. The first kappa shape index (κ1) is 17.9. The Morgan fingerprint density at radius 2 is 2.00 bits per heavy atom. The first-order valence-corrected chi connectivity index (χ1v) is 9.67. The first-order valence-electron chi connectivity index (χ1n) is 7.75. The van der Waals surface area contributed by atoms with E-state index in [0.717, 1.165) is 12.0 Å². The smallest absolute Gasteiger partial charge is 0.265 e. The maximum atomic E-state index is 12.5. The number of amides is 1. The number of nitrogens with zero attached hydrogens (tertiary/aromatic N) is 1. The molecule has 0 saturated heterocycles. The van der Waals surface area contributed by atoms with Crippen LogP contribution in [0.2, 0.25) is 5.02 Å². The summed E-state index contributed by atoms with van der Waals surface area (Å²) in [7, 11) is -4.00. The number of rotatable bonds is 3. The first-order chi connectivity index (χ1) is 11.8. The Balaban J connectivity index is 1.82. The molecule has 1 aliphatic rings. The van der Waals surface area contributed by atoms with E-state index in [1.54, 1.807) is 0 Å². The molecule has 0 aliphatic carbocycles. The molecule has 0 bridgehead atoms. The Morgan fingerprint density at radius 1 is 1.28 bits per heavy atom. The van der Waals surface area contributed by atoms with Crippen LogP contribution in [0.3, 0.4) is 0 Å². The molecule has 0 saturated carbocycles. The quantitative estimate of drug-likeness (QED) is 0.855. The highest BCUT2D eigenvalue weighted by molar-refractivity contribution is 7.89. The number of nitrogens with one attached hydrogen (secondary N) is 1. The molecule has 0 radical (unpaired) electrons. The third kappa shape index (κ3) is 3.69. The molecule has 132 valence electrons. The van der Waals surface area contributed by atoms with Crippen LogP contribution < -0.4 is 10.6 Å². The van der Waals surface area contributed by atoms with Gasteiger partial charge >= 0.3 is 0 Å². The normalized spacial score (nSPS) is 17.8. The van der Waals surface area contributed by atoms with Crippen molar-refractivity contribution < 1.29 is 13.2 Å². The summed E-state index contributed by atoms with van der Waals surface area (Å²) in [4.78, 5) is 12.3. The Bertz CT molecular complexity index is 930. The van der Waals surface area contributed by atoms with Crippen molar-refractivity contribution in [3.8, 4) is 0 Å². The van der Waals surface area contributed by atoms with Crippen LogP contribution in [-0.4, -0.2) is 25.9 Å². The van der Waals surface area contributed by atoms with Crippen LogP contribution in [0.5, 0.6) is 0 Å². The summed E-state index contributed by atoms with van der Waals surface area (Å²) in [6.07, 6.45) is 0.823. The fourth-order valence-electron chi connectivity index (χ4n) is 2.98. The van der Waals surface area contributed by atoms with Crippen molar-refractivity contribution in [3.63, 3.8) is 0 Å². The second-order valence-electron chi connectivity index (χ2n) is 5.95. The number of hydrogen-bond donors (Lipinski definition) is 2. The highest BCUT2D eigenvalue weighted by Gasteiger charge is 2.25. The predicted molar refractivity (Wildman–Crippen MR) is 95.6 cm³/mol. The van der Waals surface area contributed by atoms with E-state index in [4.69, 9.17) is 16.7 Å². The van der Waals surface area contributed by atoms with Crippen molar-refractivity contribution in [1.29, 1.82) is 0 Å². The minimum absolute atomic E-state index is 0.0129. The molecular formula is C17H18ClN3O3S. The average Bonchev–Trinajstić information content (AvgIpc) is 2.57. The number of primary sulfonamides is 1. The highest BCUT2D eigenvalue weighted by atomic mass is 35.5. The van der Waals surface area contributed by atoms with E-state index in [9.17, 15) is 13.2 Å². The van der Waals surface area contributed by atoms with Gasteiger partial charge in [0.25, 0.3) is 5.91 Å². The minimum Gasteiger partial charge on any atom is -0.284 e. The number of hydrogen-bond acceptors (Lipinski definition) is 4. The van der Waals surface area contributed by atoms with Crippen molar-refractivity contribution in [1.82, 2.24) is 10.4 Å². The lowest BCUT2D eigenvalue weighted by Crippen LogP contribution is -2.47. The number of benzene rings is 2. The summed E-state index contributed by atoms with van der Waals surface area (Å²) >= 11 is 5.86. The van der Waals surface area contributed by atoms with Crippen molar-refractivity contribution in [2.24, 2.45) is 5.14 Å². The van der Waals surface area contributed by atoms with Gasteiger partial charge in [0.05, 0.1) is 11.1 Å². The molecule has 3 N–H and O–H groups in total. The molecular weight excluding hydrogens is 362 g/mol. The number of sulfonamides is 1. The third-order valence-corrected chi connectivity index (χ3v) is 5.73. The van der Waals surface area contributed by atoms with Gasteiger partial charge in [-0.3, -0.25) is 10.2 Å². The van der Waals surface area contributed by atoms with Crippen LogP contribution >= 0.6 is 11.6 Å². The summed E-state index contributed by atoms with van der Waals surface area (Å²) in [6, 6.07) is 12.1. The Labute approximate surface area is 151 Å². The Hall–Kier alpha value is -1.93. The lowest BCUT2D eigenvalue weighted by molar-refractivity contribution is 0.0682. The van der Waals surface area contributed by atoms with Crippen LogP contribution in [-0.2, 0) is 16.4 Å². The summed E-state index contributed by atoms with van der Waals surface area (Å²) in [5, 5.41) is 6.96. The topological polar surface area (TPSA) is 92.5 Å². The predicted octanol–water partition coefficient (Wildman–Crippen LogP) is 2.25. The summed E-state index contributed by atoms with van der Waals surface area (Å²) in [6.45, 7) is 2.68. The minimum atomic E-state index is -4.00. The second kappa shape index (κ2) is 6.76. The Kier molecular flexibility index (Phi) is 4.83. The fourth-order valence-corrected chi connectivity index (χ4v) is 4.05. The zero-order valence-electron chi connectivity index (χ0n) is 13.6. The van der Waals surface area contributed by atoms with Crippen LogP contribution in [0, 0.1) is 0 Å². The van der Waals surface area contributed by atoms with E-state index in [1.807, 2.05) is 30.1 Å². The standard InChI is InChI=1S/C17H18ClN3O3S/c1-11-14-5-3-2-4-12(14)8-9-21(11)20-17(22)13-6-7-15(18)16(10-13)25(19,23)24/h2-7,10-11H,8-9H2,1H3,(H,20,22)(H2,19,23,24). The monoisotopic (exact) mass is 379 g/mol. The van der Waals surface area contributed by atoms with Gasteiger partial charge in [-0.2, -0.15) is 0 Å². The van der Waals surface area contributed by atoms with Crippen molar-refractivity contribution in [2.45, 2.75) is 24.3 Å². The van der Waals surface area contributed by atoms with Gasteiger partial charge in [-0.05, 0) is 42.7 Å². The van der Waals surface area contributed by atoms with E-state index < -0.39 is 15.9 Å². The summed E-state index contributed by atoms with van der Waals surface area (Å²) in [5.41, 5.74) is 5.45. The van der Waals surface area contributed by atoms with Gasteiger partial charge in [-0.15, -0.1) is 0 Å². The van der Waals surface area contributed by atoms with E-state index in [2.05, 4.69) is 11.5 Å².